The van der Waals surface area contributed by atoms with E-state index in [-0.39, 0.29) is 5.78 Å². The highest BCUT2D eigenvalue weighted by atomic mass is 79.9. The number of carbonyl (C=O) groups excluding carboxylic acids is 1. The summed E-state index contributed by atoms with van der Waals surface area (Å²) in [5, 5.41) is 0.559. The van der Waals surface area contributed by atoms with Crippen molar-refractivity contribution < 1.29 is 9.53 Å². The van der Waals surface area contributed by atoms with Crippen LogP contribution >= 0.6 is 27.3 Å². The highest BCUT2D eigenvalue weighted by molar-refractivity contribution is 9.11. The molecule has 0 fully saturated rings. The second kappa shape index (κ2) is 6.20. The van der Waals surface area contributed by atoms with Gasteiger partial charge in [0.05, 0.1) is 9.98 Å². The number of hydrogen-bond acceptors (Lipinski definition) is 4. The smallest absolute Gasteiger partial charge is 0.279 e. The average molecular weight is 360 g/mol. The third-order valence-electron chi connectivity index (χ3n) is 2.81. The van der Waals surface area contributed by atoms with Gasteiger partial charge < -0.3 is 4.74 Å². The van der Waals surface area contributed by atoms with Crippen LogP contribution < -0.4 is 4.74 Å². The quantitative estimate of drug-likeness (QED) is 0.620. The number of rotatable bonds is 4. The molecule has 0 saturated heterocycles. The lowest BCUT2D eigenvalue weighted by molar-refractivity contribution is 0.103. The van der Waals surface area contributed by atoms with Gasteiger partial charge in [-0.2, -0.15) is 0 Å². The summed E-state index contributed by atoms with van der Waals surface area (Å²) in [5.41, 5.74) is 1.31. The normalized spacial score (nSPS) is 10.3. The van der Waals surface area contributed by atoms with Crippen LogP contribution in [-0.2, 0) is 0 Å². The lowest BCUT2D eigenvalue weighted by atomic mass is 10.0. The first-order valence-electron chi connectivity index (χ1n) is 6.21. The summed E-state index contributed by atoms with van der Waals surface area (Å²) in [6, 6.07) is 16.3. The molecule has 0 spiro atoms. The minimum absolute atomic E-state index is 0.000793. The minimum atomic E-state index is -0.000793. The molecule has 21 heavy (non-hydrogen) atoms. The molecule has 3 rings (SSSR count). The fraction of sp³-hybridized carbons (Fsp3) is 0. The van der Waals surface area contributed by atoms with E-state index in [1.807, 2.05) is 18.2 Å². The van der Waals surface area contributed by atoms with E-state index in [0.717, 1.165) is 3.79 Å². The Labute approximate surface area is 134 Å². The SMILES string of the molecule is O=C(c1ccccc1)c1ccc(Oc2ncc(Br)s2)cc1. The highest BCUT2D eigenvalue weighted by Gasteiger charge is 2.09. The van der Waals surface area contributed by atoms with Gasteiger partial charge in [0.1, 0.15) is 5.75 Å². The molecule has 1 heterocycles. The topological polar surface area (TPSA) is 39.2 Å². The number of benzene rings is 2. The van der Waals surface area contributed by atoms with Crippen LogP contribution in [0, 0.1) is 0 Å². The number of thiazole rings is 1. The molecule has 0 saturated carbocycles. The Balaban J connectivity index is 1.76. The molecule has 104 valence electrons. The van der Waals surface area contributed by atoms with Crippen LogP contribution in [0.3, 0.4) is 0 Å². The van der Waals surface area contributed by atoms with Crippen molar-refractivity contribution in [2.24, 2.45) is 0 Å². The van der Waals surface area contributed by atoms with E-state index in [4.69, 9.17) is 4.74 Å². The van der Waals surface area contributed by atoms with E-state index in [1.54, 1.807) is 42.6 Å². The van der Waals surface area contributed by atoms with Crippen LogP contribution in [0.1, 0.15) is 15.9 Å². The van der Waals surface area contributed by atoms with Crippen molar-refractivity contribution in [2.75, 3.05) is 0 Å². The van der Waals surface area contributed by atoms with Crippen molar-refractivity contribution in [3.63, 3.8) is 0 Å². The van der Waals surface area contributed by atoms with Crippen LogP contribution in [-0.4, -0.2) is 10.8 Å². The Morgan fingerprint density at radius 2 is 1.67 bits per heavy atom. The van der Waals surface area contributed by atoms with Gasteiger partial charge in [0.15, 0.2) is 5.78 Å². The van der Waals surface area contributed by atoms with Crippen LogP contribution in [0.4, 0.5) is 0 Å². The van der Waals surface area contributed by atoms with Crippen molar-refractivity contribution in [1.29, 1.82) is 0 Å². The summed E-state index contributed by atoms with van der Waals surface area (Å²) in [5.74, 6) is 0.653. The molecule has 0 radical (unpaired) electrons. The molecule has 0 aliphatic carbocycles. The third-order valence-corrected chi connectivity index (χ3v) is 4.17. The summed E-state index contributed by atoms with van der Waals surface area (Å²) in [6.07, 6.45) is 1.69. The van der Waals surface area contributed by atoms with Crippen molar-refractivity contribution in [1.82, 2.24) is 4.98 Å². The Morgan fingerprint density at radius 1 is 1.00 bits per heavy atom. The van der Waals surface area contributed by atoms with E-state index in [9.17, 15) is 4.79 Å². The number of aromatic nitrogens is 1. The molecule has 0 atom stereocenters. The monoisotopic (exact) mass is 359 g/mol. The Morgan fingerprint density at radius 3 is 2.29 bits per heavy atom. The molecule has 0 unspecified atom stereocenters. The number of halogens is 1. The lowest BCUT2D eigenvalue weighted by Gasteiger charge is -2.04. The molecule has 3 nitrogen and oxygen atoms in total. The standard InChI is InChI=1S/C16H10BrNO2S/c17-14-10-18-16(21-14)20-13-8-6-12(7-9-13)15(19)11-4-2-1-3-5-11/h1-10H. The van der Waals surface area contributed by atoms with Crippen molar-refractivity contribution >= 4 is 33.0 Å². The predicted octanol–water partition coefficient (Wildman–Crippen LogP) is 4.93. The fourth-order valence-electron chi connectivity index (χ4n) is 1.82. The molecular weight excluding hydrogens is 350 g/mol. The average Bonchev–Trinajstić information content (AvgIpc) is 2.93. The maximum Gasteiger partial charge on any atom is 0.279 e. The number of hydrogen-bond donors (Lipinski definition) is 0. The van der Waals surface area contributed by atoms with Crippen LogP contribution in [0.5, 0.6) is 10.9 Å². The first-order valence-corrected chi connectivity index (χ1v) is 7.82. The maximum absolute atomic E-state index is 12.3. The van der Waals surface area contributed by atoms with E-state index in [2.05, 4.69) is 20.9 Å². The van der Waals surface area contributed by atoms with Gasteiger partial charge in [-0.15, -0.1) is 0 Å². The molecule has 3 aromatic rings. The summed E-state index contributed by atoms with van der Waals surface area (Å²) in [4.78, 5) is 16.4. The molecule has 5 heteroatoms. The van der Waals surface area contributed by atoms with Gasteiger partial charge in [-0.1, -0.05) is 41.7 Å². The second-order valence-electron chi connectivity index (χ2n) is 4.25. The zero-order chi connectivity index (χ0) is 14.7. The zero-order valence-corrected chi connectivity index (χ0v) is 13.2. The van der Waals surface area contributed by atoms with Crippen LogP contribution in [0.2, 0.25) is 0 Å². The van der Waals surface area contributed by atoms with Gasteiger partial charge in [-0.05, 0) is 40.2 Å². The van der Waals surface area contributed by atoms with Gasteiger partial charge in [-0.3, -0.25) is 4.79 Å². The first kappa shape index (κ1) is 14.0. The number of ketones is 1. The van der Waals surface area contributed by atoms with E-state index in [0.29, 0.717) is 22.1 Å². The van der Waals surface area contributed by atoms with Gasteiger partial charge in [0.25, 0.3) is 5.19 Å². The fourth-order valence-corrected chi connectivity index (χ4v) is 2.85. The Kier molecular flexibility index (Phi) is 4.13. The van der Waals surface area contributed by atoms with Crippen LogP contribution in [0.25, 0.3) is 0 Å². The molecule has 0 bridgehead atoms. The molecule has 0 aliphatic rings. The van der Waals surface area contributed by atoms with Crippen LogP contribution in [0.15, 0.2) is 64.6 Å². The molecule has 1 aromatic heterocycles. The summed E-state index contributed by atoms with van der Waals surface area (Å²) < 4.78 is 6.52. The zero-order valence-electron chi connectivity index (χ0n) is 10.8. The number of carbonyl (C=O) groups is 1. The number of ether oxygens (including phenoxy) is 1. The van der Waals surface area contributed by atoms with Gasteiger partial charge in [0.2, 0.25) is 0 Å². The van der Waals surface area contributed by atoms with Crippen molar-refractivity contribution in [3.05, 3.63) is 75.7 Å². The molecule has 0 N–H and O–H groups in total. The summed E-state index contributed by atoms with van der Waals surface area (Å²) in [7, 11) is 0. The minimum Gasteiger partial charge on any atom is -0.431 e. The first-order chi connectivity index (χ1) is 10.2. The van der Waals surface area contributed by atoms with Crippen molar-refractivity contribution in [3.8, 4) is 10.9 Å². The summed E-state index contributed by atoms with van der Waals surface area (Å²) in [6.45, 7) is 0. The van der Waals surface area contributed by atoms with E-state index >= 15 is 0 Å². The van der Waals surface area contributed by atoms with E-state index in [1.165, 1.54) is 11.3 Å². The predicted molar refractivity (Wildman–Crippen MR) is 86.2 cm³/mol. The van der Waals surface area contributed by atoms with Gasteiger partial charge in [0, 0.05) is 11.1 Å². The Hall–Kier alpha value is -1.98. The Bertz CT molecular complexity index is 753. The molecule has 0 amide bonds. The number of nitrogens with zero attached hydrogens (tertiary/aromatic N) is 1. The molecule has 0 aliphatic heterocycles. The van der Waals surface area contributed by atoms with E-state index < -0.39 is 0 Å². The lowest BCUT2D eigenvalue weighted by Crippen LogP contribution is -2.00. The summed E-state index contributed by atoms with van der Waals surface area (Å²) >= 11 is 4.74. The van der Waals surface area contributed by atoms with Gasteiger partial charge >= 0.3 is 0 Å². The third kappa shape index (κ3) is 3.37. The molecular formula is C16H10BrNO2S. The van der Waals surface area contributed by atoms with Gasteiger partial charge in [-0.25, -0.2) is 4.98 Å². The maximum atomic E-state index is 12.3. The highest BCUT2D eigenvalue weighted by Crippen LogP contribution is 2.29. The second-order valence-corrected chi connectivity index (χ2v) is 6.62. The molecule has 2 aromatic carbocycles. The van der Waals surface area contributed by atoms with Crippen molar-refractivity contribution in [2.45, 2.75) is 0 Å². The largest absolute Gasteiger partial charge is 0.431 e.